The average Bonchev–Trinajstić information content (AvgIpc) is 3.24. The summed E-state index contributed by atoms with van der Waals surface area (Å²) in [6.45, 7) is 8.70. The standard InChI is InChI=1S/C18H32N4O4/c1-5-12(4)21-8-6-7-14(21)17(25)19-20-18(26)22-10-13(23)9-15(22)16(24)11(2)3/h11-15,23H,5-10H2,1-4H3,(H,19,25)(H,20,26). The second-order valence-corrected chi connectivity index (χ2v) is 7.69. The molecule has 0 aromatic heterocycles. The van der Waals surface area contributed by atoms with Crippen molar-refractivity contribution < 1.29 is 19.5 Å². The van der Waals surface area contributed by atoms with Crippen LogP contribution in [0.25, 0.3) is 0 Å². The van der Waals surface area contributed by atoms with E-state index < -0.39 is 18.2 Å². The number of urea groups is 1. The Bertz CT molecular complexity index is 539. The number of nitrogens with zero attached hydrogens (tertiary/aromatic N) is 2. The Morgan fingerprint density at radius 1 is 1.15 bits per heavy atom. The van der Waals surface area contributed by atoms with Crippen LogP contribution < -0.4 is 10.9 Å². The summed E-state index contributed by atoms with van der Waals surface area (Å²) in [5, 5.41) is 9.85. The Kier molecular flexibility index (Phi) is 7.00. The minimum atomic E-state index is -0.722. The molecule has 3 N–H and O–H groups in total. The fraction of sp³-hybridized carbons (Fsp3) is 0.833. The second-order valence-electron chi connectivity index (χ2n) is 7.69. The molecule has 2 aliphatic heterocycles. The van der Waals surface area contributed by atoms with Crippen LogP contribution in [0.1, 0.15) is 53.4 Å². The number of carbonyl (C=O) groups excluding carboxylic acids is 3. The lowest BCUT2D eigenvalue weighted by Gasteiger charge is -2.30. The molecule has 8 nitrogen and oxygen atoms in total. The van der Waals surface area contributed by atoms with Crippen molar-refractivity contribution in [2.45, 2.75) is 77.6 Å². The zero-order valence-corrected chi connectivity index (χ0v) is 16.2. The van der Waals surface area contributed by atoms with Gasteiger partial charge in [0.1, 0.15) is 0 Å². The van der Waals surface area contributed by atoms with Crippen LogP contribution in [0.2, 0.25) is 0 Å². The molecule has 2 saturated heterocycles. The number of hydrogen-bond acceptors (Lipinski definition) is 5. The Morgan fingerprint density at radius 3 is 2.46 bits per heavy atom. The molecular weight excluding hydrogens is 336 g/mol. The average molecular weight is 368 g/mol. The molecule has 2 heterocycles. The van der Waals surface area contributed by atoms with Crippen LogP contribution in [0.15, 0.2) is 0 Å². The zero-order valence-electron chi connectivity index (χ0n) is 16.2. The topological polar surface area (TPSA) is 102 Å². The minimum absolute atomic E-state index is 0.0817. The normalized spacial score (nSPS) is 27.6. The summed E-state index contributed by atoms with van der Waals surface area (Å²) >= 11 is 0. The fourth-order valence-corrected chi connectivity index (χ4v) is 3.80. The van der Waals surface area contributed by atoms with E-state index in [-0.39, 0.29) is 36.6 Å². The molecule has 0 bridgehead atoms. The molecule has 26 heavy (non-hydrogen) atoms. The smallest absolute Gasteiger partial charge is 0.336 e. The monoisotopic (exact) mass is 368 g/mol. The van der Waals surface area contributed by atoms with Crippen molar-refractivity contribution in [1.29, 1.82) is 0 Å². The lowest BCUT2D eigenvalue weighted by atomic mass is 9.99. The number of ketones is 1. The quantitative estimate of drug-likeness (QED) is 0.619. The van der Waals surface area contributed by atoms with Gasteiger partial charge in [0.2, 0.25) is 0 Å². The van der Waals surface area contributed by atoms with Crippen molar-refractivity contribution in [1.82, 2.24) is 20.7 Å². The van der Waals surface area contributed by atoms with E-state index >= 15 is 0 Å². The maximum Gasteiger partial charge on any atom is 0.336 e. The van der Waals surface area contributed by atoms with Crippen molar-refractivity contribution in [2.75, 3.05) is 13.1 Å². The molecule has 0 spiro atoms. The summed E-state index contributed by atoms with van der Waals surface area (Å²) in [4.78, 5) is 40.7. The summed E-state index contributed by atoms with van der Waals surface area (Å²) in [6.07, 6.45) is 2.20. The molecule has 2 rings (SSSR count). The van der Waals surface area contributed by atoms with Gasteiger partial charge in [0.25, 0.3) is 5.91 Å². The number of aliphatic hydroxyl groups is 1. The van der Waals surface area contributed by atoms with Crippen LogP contribution in [0.3, 0.4) is 0 Å². The van der Waals surface area contributed by atoms with Gasteiger partial charge in [-0.1, -0.05) is 20.8 Å². The highest BCUT2D eigenvalue weighted by Crippen LogP contribution is 2.22. The highest BCUT2D eigenvalue weighted by atomic mass is 16.3. The van der Waals surface area contributed by atoms with Crippen molar-refractivity contribution in [2.24, 2.45) is 5.92 Å². The molecule has 3 amide bonds. The number of rotatable bonds is 5. The second kappa shape index (κ2) is 8.81. The number of likely N-dealkylation sites (tertiary alicyclic amines) is 2. The van der Waals surface area contributed by atoms with E-state index in [9.17, 15) is 19.5 Å². The van der Waals surface area contributed by atoms with Crippen LogP contribution in [-0.4, -0.2) is 69.9 Å². The molecule has 0 radical (unpaired) electrons. The molecule has 148 valence electrons. The molecule has 0 aromatic carbocycles. The minimum Gasteiger partial charge on any atom is -0.391 e. The maximum absolute atomic E-state index is 12.5. The maximum atomic E-state index is 12.5. The van der Waals surface area contributed by atoms with E-state index in [0.29, 0.717) is 6.04 Å². The van der Waals surface area contributed by atoms with Crippen molar-refractivity contribution in [3.8, 4) is 0 Å². The molecule has 0 saturated carbocycles. The Morgan fingerprint density at radius 2 is 1.85 bits per heavy atom. The van der Waals surface area contributed by atoms with Gasteiger partial charge < -0.3 is 10.0 Å². The third-order valence-corrected chi connectivity index (χ3v) is 5.48. The first-order valence-electron chi connectivity index (χ1n) is 9.60. The first-order chi connectivity index (χ1) is 12.3. The van der Waals surface area contributed by atoms with E-state index in [4.69, 9.17) is 0 Å². The molecular formula is C18H32N4O4. The molecule has 2 fully saturated rings. The molecule has 2 aliphatic rings. The number of Topliss-reactive ketones (excluding diaryl/α,β-unsaturated/α-hetero) is 1. The molecule has 4 atom stereocenters. The first-order valence-corrected chi connectivity index (χ1v) is 9.60. The van der Waals surface area contributed by atoms with Crippen LogP contribution in [0, 0.1) is 5.92 Å². The third-order valence-electron chi connectivity index (χ3n) is 5.48. The Labute approximate surface area is 155 Å². The highest BCUT2D eigenvalue weighted by Gasteiger charge is 2.40. The summed E-state index contributed by atoms with van der Waals surface area (Å²) in [6, 6.07) is -1.14. The summed E-state index contributed by atoms with van der Waals surface area (Å²) in [7, 11) is 0. The van der Waals surface area contributed by atoms with Crippen molar-refractivity contribution in [3.05, 3.63) is 0 Å². The van der Waals surface area contributed by atoms with Gasteiger partial charge in [-0.05, 0) is 32.7 Å². The molecule has 4 unspecified atom stereocenters. The van der Waals surface area contributed by atoms with Gasteiger partial charge in [-0.15, -0.1) is 0 Å². The number of hydrazine groups is 1. The number of amides is 3. The van der Waals surface area contributed by atoms with E-state index in [1.165, 1.54) is 4.90 Å². The van der Waals surface area contributed by atoms with Crippen molar-refractivity contribution in [3.63, 3.8) is 0 Å². The van der Waals surface area contributed by atoms with Gasteiger partial charge in [-0.2, -0.15) is 0 Å². The largest absolute Gasteiger partial charge is 0.391 e. The molecule has 8 heteroatoms. The van der Waals surface area contributed by atoms with Gasteiger partial charge >= 0.3 is 6.03 Å². The number of nitrogens with one attached hydrogen (secondary N) is 2. The van der Waals surface area contributed by atoms with Crippen LogP contribution in [-0.2, 0) is 9.59 Å². The third kappa shape index (κ3) is 4.54. The summed E-state index contributed by atoms with van der Waals surface area (Å²) in [5.74, 6) is -0.540. The van der Waals surface area contributed by atoms with Gasteiger partial charge in [0, 0.05) is 24.9 Å². The summed E-state index contributed by atoms with van der Waals surface area (Å²) < 4.78 is 0. The van der Waals surface area contributed by atoms with E-state index in [1.807, 2.05) is 0 Å². The summed E-state index contributed by atoms with van der Waals surface area (Å²) in [5.41, 5.74) is 4.92. The van der Waals surface area contributed by atoms with Crippen LogP contribution >= 0.6 is 0 Å². The lowest BCUT2D eigenvalue weighted by molar-refractivity contribution is -0.126. The van der Waals surface area contributed by atoms with E-state index in [0.717, 1.165) is 25.8 Å². The van der Waals surface area contributed by atoms with Crippen LogP contribution in [0.5, 0.6) is 0 Å². The van der Waals surface area contributed by atoms with E-state index in [1.54, 1.807) is 13.8 Å². The number of aliphatic hydroxyl groups excluding tert-OH is 1. The first kappa shape index (κ1) is 20.6. The van der Waals surface area contributed by atoms with E-state index in [2.05, 4.69) is 29.6 Å². The van der Waals surface area contributed by atoms with Crippen LogP contribution in [0.4, 0.5) is 4.79 Å². The lowest BCUT2D eigenvalue weighted by Crippen LogP contribution is -2.56. The SMILES string of the molecule is CCC(C)N1CCCC1C(=O)NNC(=O)N1CC(O)CC1C(=O)C(C)C. The predicted molar refractivity (Wildman–Crippen MR) is 97.1 cm³/mol. The number of β-amino-alcohol motifs (C(OH)–C–C–N with tert-alkyl or cyclic N) is 1. The van der Waals surface area contributed by atoms with Gasteiger partial charge in [0.05, 0.1) is 18.2 Å². The fourth-order valence-electron chi connectivity index (χ4n) is 3.80. The van der Waals surface area contributed by atoms with Gasteiger partial charge in [-0.3, -0.25) is 19.9 Å². The predicted octanol–water partition coefficient (Wildman–Crippen LogP) is 0.650. The van der Waals surface area contributed by atoms with Gasteiger partial charge in [0.15, 0.2) is 5.78 Å². The zero-order chi connectivity index (χ0) is 19.4. The number of carbonyl (C=O) groups is 3. The molecule has 0 aliphatic carbocycles. The number of hydrogen-bond donors (Lipinski definition) is 3. The van der Waals surface area contributed by atoms with Gasteiger partial charge in [-0.25, -0.2) is 10.2 Å². The Hall–Kier alpha value is -1.67. The molecule has 0 aromatic rings. The highest BCUT2D eigenvalue weighted by molar-refractivity contribution is 5.91. The Balaban J connectivity index is 1.92. The van der Waals surface area contributed by atoms with Crippen molar-refractivity contribution >= 4 is 17.7 Å².